The van der Waals surface area contributed by atoms with Crippen LogP contribution in [0.3, 0.4) is 0 Å². The lowest BCUT2D eigenvalue weighted by atomic mass is 10.2. The Morgan fingerprint density at radius 2 is 1.88 bits per heavy atom. The number of fused-ring (bicyclic) bond motifs is 1. The SMILES string of the molecule is O=[N+]([O-])c1ccc(NCCNC(=S)Nc2ccccc2)c2nonc12. The molecule has 3 rings (SSSR count). The average molecular weight is 358 g/mol. The Kier molecular flexibility index (Phi) is 5.00. The largest absolute Gasteiger partial charge is 0.381 e. The predicted octanol–water partition coefficient (Wildman–Crippen LogP) is 2.53. The van der Waals surface area contributed by atoms with Crippen molar-refractivity contribution in [2.45, 2.75) is 0 Å². The average Bonchev–Trinajstić information content (AvgIpc) is 3.09. The fourth-order valence-electron chi connectivity index (χ4n) is 2.21. The first-order valence-electron chi connectivity index (χ1n) is 7.38. The van der Waals surface area contributed by atoms with E-state index in [1.165, 1.54) is 6.07 Å². The van der Waals surface area contributed by atoms with Gasteiger partial charge in [0.1, 0.15) is 0 Å². The number of hydrogen-bond acceptors (Lipinski definition) is 7. The number of thiocarbonyl (C=S) groups is 1. The number of rotatable bonds is 6. The molecule has 0 aliphatic carbocycles. The van der Waals surface area contributed by atoms with E-state index in [4.69, 9.17) is 12.2 Å². The molecule has 0 unspecified atom stereocenters. The lowest BCUT2D eigenvalue weighted by molar-refractivity contribution is -0.383. The number of aromatic nitrogens is 2. The van der Waals surface area contributed by atoms with Crippen LogP contribution in [0, 0.1) is 10.1 Å². The minimum absolute atomic E-state index is 0.115. The van der Waals surface area contributed by atoms with Gasteiger partial charge in [0.2, 0.25) is 5.52 Å². The molecule has 10 heteroatoms. The molecule has 0 saturated heterocycles. The number of para-hydroxylation sites is 1. The van der Waals surface area contributed by atoms with Gasteiger partial charge >= 0.3 is 5.69 Å². The van der Waals surface area contributed by atoms with Gasteiger partial charge in [-0.2, -0.15) is 0 Å². The van der Waals surface area contributed by atoms with Gasteiger partial charge in [0.25, 0.3) is 0 Å². The highest BCUT2D eigenvalue weighted by atomic mass is 32.1. The van der Waals surface area contributed by atoms with E-state index in [0.717, 1.165) is 5.69 Å². The van der Waals surface area contributed by atoms with E-state index in [1.807, 2.05) is 30.3 Å². The maximum atomic E-state index is 11.0. The van der Waals surface area contributed by atoms with Crippen molar-refractivity contribution in [3.8, 4) is 0 Å². The Morgan fingerprint density at radius 3 is 2.64 bits per heavy atom. The summed E-state index contributed by atoms with van der Waals surface area (Å²) in [7, 11) is 0. The Morgan fingerprint density at radius 1 is 1.12 bits per heavy atom. The van der Waals surface area contributed by atoms with E-state index < -0.39 is 4.92 Å². The van der Waals surface area contributed by atoms with Crippen LogP contribution in [-0.2, 0) is 0 Å². The lowest BCUT2D eigenvalue weighted by Gasteiger charge is -2.11. The number of benzene rings is 2. The quantitative estimate of drug-likeness (QED) is 0.264. The van der Waals surface area contributed by atoms with Crippen LogP contribution in [0.2, 0.25) is 0 Å². The zero-order valence-electron chi connectivity index (χ0n) is 12.9. The molecule has 3 N–H and O–H groups in total. The normalized spacial score (nSPS) is 10.4. The summed E-state index contributed by atoms with van der Waals surface area (Å²) in [6.45, 7) is 1.07. The Hall–Kier alpha value is -3.27. The van der Waals surface area contributed by atoms with Crippen molar-refractivity contribution in [3.05, 3.63) is 52.6 Å². The summed E-state index contributed by atoms with van der Waals surface area (Å²) in [5, 5.41) is 28.0. The van der Waals surface area contributed by atoms with Crippen LogP contribution in [0.5, 0.6) is 0 Å². The Bertz CT molecular complexity index is 899. The van der Waals surface area contributed by atoms with E-state index in [0.29, 0.717) is 29.4 Å². The van der Waals surface area contributed by atoms with Crippen molar-refractivity contribution in [1.82, 2.24) is 15.6 Å². The molecule has 0 radical (unpaired) electrons. The van der Waals surface area contributed by atoms with Crippen LogP contribution in [0.25, 0.3) is 11.0 Å². The molecule has 3 aromatic rings. The van der Waals surface area contributed by atoms with Crippen LogP contribution >= 0.6 is 12.2 Å². The summed E-state index contributed by atoms with van der Waals surface area (Å²) >= 11 is 5.21. The molecule has 9 nitrogen and oxygen atoms in total. The van der Waals surface area contributed by atoms with Crippen molar-refractivity contribution in [3.63, 3.8) is 0 Å². The van der Waals surface area contributed by atoms with Gasteiger partial charge in [0.15, 0.2) is 10.6 Å². The maximum Gasteiger partial charge on any atom is 0.300 e. The van der Waals surface area contributed by atoms with E-state index in [1.54, 1.807) is 6.07 Å². The predicted molar refractivity (Wildman–Crippen MR) is 97.6 cm³/mol. The molecule has 0 amide bonds. The first-order valence-corrected chi connectivity index (χ1v) is 7.79. The molecule has 1 aromatic heterocycles. The molecule has 0 atom stereocenters. The third-order valence-electron chi connectivity index (χ3n) is 3.35. The van der Waals surface area contributed by atoms with Gasteiger partial charge in [-0.15, -0.1) is 0 Å². The summed E-state index contributed by atoms with van der Waals surface area (Å²) in [5.41, 5.74) is 1.79. The fourth-order valence-corrected chi connectivity index (χ4v) is 2.43. The highest BCUT2D eigenvalue weighted by Gasteiger charge is 2.19. The molecular weight excluding hydrogens is 344 g/mol. The molecule has 2 aromatic carbocycles. The zero-order valence-corrected chi connectivity index (χ0v) is 13.7. The smallest absolute Gasteiger partial charge is 0.300 e. The van der Waals surface area contributed by atoms with Crippen molar-refractivity contribution in [1.29, 1.82) is 0 Å². The number of nitro benzene ring substituents is 1. The molecule has 0 spiro atoms. The standard InChI is InChI=1S/C15H14N6O3S/c22-21(23)12-7-6-11(13-14(12)20-24-19-13)16-8-9-17-15(25)18-10-4-2-1-3-5-10/h1-7,16H,8-9H2,(H2,17,18,25). The van der Waals surface area contributed by atoms with Crippen molar-refractivity contribution in [2.24, 2.45) is 0 Å². The van der Waals surface area contributed by atoms with Crippen molar-refractivity contribution >= 4 is 45.4 Å². The molecule has 0 aliphatic rings. The van der Waals surface area contributed by atoms with Gasteiger partial charge in [-0.3, -0.25) is 10.1 Å². The van der Waals surface area contributed by atoms with Gasteiger partial charge in [-0.25, -0.2) is 4.63 Å². The van der Waals surface area contributed by atoms with Crippen molar-refractivity contribution < 1.29 is 9.55 Å². The third kappa shape index (κ3) is 3.98. The first kappa shape index (κ1) is 16.6. The second-order valence-corrected chi connectivity index (χ2v) is 5.43. The van der Waals surface area contributed by atoms with Crippen LogP contribution in [0.15, 0.2) is 47.1 Å². The summed E-state index contributed by atoms with van der Waals surface area (Å²) in [6, 6.07) is 12.5. The van der Waals surface area contributed by atoms with Gasteiger partial charge in [0.05, 0.1) is 10.6 Å². The summed E-state index contributed by atoms with van der Waals surface area (Å²) < 4.78 is 4.62. The highest BCUT2D eigenvalue weighted by molar-refractivity contribution is 7.80. The summed E-state index contributed by atoms with van der Waals surface area (Å²) in [4.78, 5) is 10.4. The second kappa shape index (κ2) is 7.53. The van der Waals surface area contributed by atoms with Crippen LogP contribution in [0.4, 0.5) is 17.1 Å². The third-order valence-corrected chi connectivity index (χ3v) is 3.59. The van der Waals surface area contributed by atoms with E-state index in [2.05, 4.69) is 30.9 Å². The molecule has 0 bridgehead atoms. The lowest BCUT2D eigenvalue weighted by Crippen LogP contribution is -2.32. The Balaban J connectivity index is 1.53. The van der Waals surface area contributed by atoms with Gasteiger partial charge < -0.3 is 16.0 Å². The van der Waals surface area contributed by atoms with Crippen LogP contribution in [-0.4, -0.2) is 33.4 Å². The zero-order chi connectivity index (χ0) is 17.6. The molecule has 0 saturated carbocycles. The Labute approximate surface area is 147 Å². The summed E-state index contributed by atoms with van der Waals surface area (Å²) in [6.07, 6.45) is 0. The number of nitro groups is 1. The van der Waals surface area contributed by atoms with Crippen LogP contribution in [0.1, 0.15) is 0 Å². The molecule has 25 heavy (non-hydrogen) atoms. The first-order chi connectivity index (χ1) is 12.1. The maximum absolute atomic E-state index is 11.0. The minimum Gasteiger partial charge on any atom is -0.381 e. The second-order valence-electron chi connectivity index (χ2n) is 5.02. The highest BCUT2D eigenvalue weighted by Crippen LogP contribution is 2.28. The van der Waals surface area contributed by atoms with Gasteiger partial charge in [-0.05, 0) is 40.7 Å². The number of nitrogens with zero attached hydrogens (tertiary/aromatic N) is 3. The number of nitrogens with one attached hydrogen (secondary N) is 3. The molecule has 0 aliphatic heterocycles. The van der Waals surface area contributed by atoms with E-state index in [9.17, 15) is 10.1 Å². The van der Waals surface area contributed by atoms with E-state index in [-0.39, 0.29) is 11.2 Å². The number of hydrogen-bond donors (Lipinski definition) is 3. The van der Waals surface area contributed by atoms with Gasteiger partial charge in [-0.1, -0.05) is 18.2 Å². The molecule has 128 valence electrons. The fraction of sp³-hybridized carbons (Fsp3) is 0.133. The van der Waals surface area contributed by atoms with E-state index >= 15 is 0 Å². The van der Waals surface area contributed by atoms with Crippen LogP contribution < -0.4 is 16.0 Å². The summed E-state index contributed by atoms with van der Waals surface area (Å²) in [5.74, 6) is 0. The molecule has 1 heterocycles. The molecular formula is C15H14N6O3S. The minimum atomic E-state index is -0.522. The van der Waals surface area contributed by atoms with Crippen molar-refractivity contribution in [2.75, 3.05) is 23.7 Å². The topological polar surface area (TPSA) is 118 Å². The number of anilines is 2. The molecule has 0 fully saturated rings. The monoisotopic (exact) mass is 358 g/mol. The van der Waals surface area contributed by atoms with Gasteiger partial charge in [0, 0.05) is 24.8 Å². The number of non-ortho nitro benzene ring substituents is 1.